The van der Waals surface area contributed by atoms with Gasteiger partial charge < -0.3 is 10.6 Å². The largest absolute Gasteiger partial charge is 0.416 e. The van der Waals surface area contributed by atoms with E-state index in [1.807, 2.05) is 0 Å². The third-order valence-corrected chi connectivity index (χ3v) is 2.95. The molecule has 19 heavy (non-hydrogen) atoms. The molecule has 7 heteroatoms. The van der Waals surface area contributed by atoms with Crippen LogP contribution in [0, 0.1) is 0 Å². The average molecular weight is 295 g/mol. The fourth-order valence-corrected chi connectivity index (χ4v) is 1.98. The Kier molecular flexibility index (Phi) is 4.81. The van der Waals surface area contributed by atoms with Crippen molar-refractivity contribution in [2.75, 3.05) is 13.1 Å². The van der Waals surface area contributed by atoms with Crippen molar-refractivity contribution in [3.05, 3.63) is 35.4 Å². The van der Waals surface area contributed by atoms with Crippen molar-refractivity contribution in [2.45, 2.75) is 18.6 Å². The van der Waals surface area contributed by atoms with E-state index in [9.17, 15) is 18.0 Å². The molecule has 1 aliphatic rings. The molecule has 3 nitrogen and oxygen atoms in total. The van der Waals surface area contributed by atoms with Gasteiger partial charge >= 0.3 is 6.18 Å². The number of hydrogen-bond donors (Lipinski definition) is 1. The maximum Gasteiger partial charge on any atom is 0.416 e. The molecule has 0 aliphatic carbocycles. The van der Waals surface area contributed by atoms with Crippen LogP contribution < -0.4 is 5.73 Å². The quantitative estimate of drug-likeness (QED) is 0.864. The lowest BCUT2D eigenvalue weighted by Gasteiger charge is -2.16. The predicted octanol–water partition coefficient (Wildman–Crippen LogP) is 2.30. The number of halogens is 4. The molecule has 106 valence electrons. The van der Waals surface area contributed by atoms with Crippen molar-refractivity contribution in [2.24, 2.45) is 5.73 Å². The van der Waals surface area contributed by atoms with Crippen LogP contribution in [0.25, 0.3) is 0 Å². The molecule has 1 amide bonds. The molecular formula is C12H14ClF3N2O. The fourth-order valence-electron chi connectivity index (χ4n) is 1.98. The van der Waals surface area contributed by atoms with Gasteiger partial charge in [-0.15, -0.1) is 12.4 Å². The first-order valence-corrected chi connectivity index (χ1v) is 5.60. The predicted molar refractivity (Wildman–Crippen MR) is 67.2 cm³/mol. The molecule has 2 rings (SSSR count). The number of carbonyl (C=O) groups is 1. The fraction of sp³-hybridized carbons (Fsp3) is 0.417. The minimum absolute atomic E-state index is 0. The van der Waals surface area contributed by atoms with Gasteiger partial charge in [0.2, 0.25) is 0 Å². The van der Waals surface area contributed by atoms with Gasteiger partial charge in [0.15, 0.2) is 0 Å². The second kappa shape index (κ2) is 5.79. The van der Waals surface area contributed by atoms with Gasteiger partial charge in [-0.3, -0.25) is 4.79 Å². The molecule has 2 N–H and O–H groups in total. The molecule has 1 aromatic carbocycles. The molecule has 0 aromatic heterocycles. The van der Waals surface area contributed by atoms with Crippen LogP contribution >= 0.6 is 12.4 Å². The Hall–Kier alpha value is -1.27. The summed E-state index contributed by atoms with van der Waals surface area (Å²) in [5.41, 5.74) is 4.91. The van der Waals surface area contributed by atoms with Crippen molar-refractivity contribution in [3.63, 3.8) is 0 Å². The Morgan fingerprint density at radius 2 is 2.05 bits per heavy atom. The van der Waals surface area contributed by atoms with Gasteiger partial charge in [0.25, 0.3) is 5.91 Å². The van der Waals surface area contributed by atoms with Gasteiger partial charge in [-0.25, -0.2) is 0 Å². The van der Waals surface area contributed by atoms with Crippen LogP contribution in [-0.2, 0) is 6.18 Å². The summed E-state index contributed by atoms with van der Waals surface area (Å²) in [7, 11) is 0. The summed E-state index contributed by atoms with van der Waals surface area (Å²) in [5, 5.41) is 0. The molecule has 0 spiro atoms. The van der Waals surface area contributed by atoms with E-state index in [-0.39, 0.29) is 24.0 Å². The normalized spacial score (nSPS) is 19.2. The maximum absolute atomic E-state index is 12.5. The number of carbonyl (C=O) groups excluding carboxylic acids is 1. The molecule has 1 aliphatic heterocycles. The summed E-state index contributed by atoms with van der Waals surface area (Å²) in [4.78, 5) is 13.5. The molecule has 0 radical (unpaired) electrons. The van der Waals surface area contributed by atoms with E-state index in [2.05, 4.69) is 0 Å². The van der Waals surface area contributed by atoms with Crippen molar-refractivity contribution in [1.82, 2.24) is 4.90 Å². The van der Waals surface area contributed by atoms with Crippen LogP contribution in [0.5, 0.6) is 0 Å². The van der Waals surface area contributed by atoms with E-state index in [4.69, 9.17) is 5.73 Å². The van der Waals surface area contributed by atoms with Gasteiger partial charge in [0.1, 0.15) is 0 Å². The monoisotopic (exact) mass is 294 g/mol. The van der Waals surface area contributed by atoms with Gasteiger partial charge in [0, 0.05) is 24.7 Å². The van der Waals surface area contributed by atoms with Gasteiger partial charge in [-0.1, -0.05) is 6.07 Å². The van der Waals surface area contributed by atoms with Crippen molar-refractivity contribution < 1.29 is 18.0 Å². The molecule has 1 atom stereocenters. The number of benzene rings is 1. The molecule has 0 bridgehead atoms. The summed E-state index contributed by atoms with van der Waals surface area (Å²) in [5.74, 6) is -0.394. The topological polar surface area (TPSA) is 46.3 Å². The highest BCUT2D eigenvalue weighted by Crippen LogP contribution is 2.29. The minimum Gasteiger partial charge on any atom is -0.337 e. The summed E-state index contributed by atoms with van der Waals surface area (Å²) in [6, 6.07) is 4.38. The Morgan fingerprint density at radius 1 is 1.37 bits per heavy atom. The van der Waals surface area contributed by atoms with Crippen LogP contribution in [0.1, 0.15) is 22.3 Å². The highest BCUT2D eigenvalue weighted by Gasteiger charge is 2.32. The lowest BCUT2D eigenvalue weighted by atomic mass is 10.1. The highest BCUT2D eigenvalue weighted by molar-refractivity contribution is 5.94. The third kappa shape index (κ3) is 3.61. The van der Waals surface area contributed by atoms with Gasteiger partial charge in [0.05, 0.1) is 5.56 Å². The Labute approximate surface area is 115 Å². The van der Waals surface area contributed by atoms with E-state index in [1.54, 1.807) is 0 Å². The Balaban J connectivity index is 0.00000180. The SMILES string of the molecule is Cl.N[C@H]1CCN(C(=O)c2cccc(C(F)(F)F)c2)C1. The Morgan fingerprint density at radius 3 is 2.58 bits per heavy atom. The zero-order valence-corrected chi connectivity index (χ0v) is 10.8. The second-order valence-electron chi connectivity index (χ2n) is 4.38. The lowest BCUT2D eigenvalue weighted by Crippen LogP contribution is -2.32. The molecule has 0 saturated carbocycles. The van der Waals surface area contributed by atoms with Crippen LogP contribution in [0.3, 0.4) is 0 Å². The average Bonchev–Trinajstić information content (AvgIpc) is 2.74. The molecule has 1 saturated heterocycles. The van der Waals surface area contributed by atoms with Crippen LogP contribution in [-0.4, -0.2) is 29.9 Å². The summed E-state index contributed by atoms with van der Waals surface area (Å²) in [6.45, 7) is 0.894. The van der Waals surface area contributed by atoms with Crippen molar-refractivity contribution in [3.8, 4) is 0 Å². The number of nitrogens with two attached hydrogens (primary N) is 1. The van der Waals surface area contributed by atoms with Crippen LogP contribution in [0.15, 0.2) is 24.3 Å². The highest BCUT2D eigenvalue weighted by atomic mass is 35.5. The standard InChI is InChI=1S/C12H13F3N2O.ClH/c13-12(14,15)9-3-1-2-8(6-9)11(18)17-5-4-10(16)7-17;/h1-3,6,10H,4-5,7,16H2;1H/t10-;/m0./s1. The van der Waals surface area contributed by atoms with Crippen molar-refractivity contribution >= 4 is 18.3 Å². The summed E-state index contributed by atoms with van der Waals surface area (Å²) < 4.78 is 37.6. The number of rotatable bonds is 1. The smallest absolute Gasteiger partial charge is 0.337 e. The number of amides is 1. The first-order valence-electron chi connectivity index (χ1n) is 5.60. The zero-order valence-electron chi connectivity index (χ0n) is 9.98. The number of hydrogen-bond acceptors (Lipinski definition) is 2. The zero-order chi connectivity index (χ0) is 13.3. The molecule has 1 aromatic rings. The first kappa shape index (κ1) is 15.8. The van der Waals surface area contributed by atoms with E-state index in [1.165, 1.54) is 17.0 Å². The van der Waals surface area contributed by atoms with Gasteiger partial charge in [-0.2, -0.15) is 13.2 Å². The maximum atomic E-state index is 12.5. The third-order valence-electron chi connectivity index (χ3n) is 2.95. The summed E-state index contributed by atoms with van der Waals surface area (Å²) >= 11 is 0. The first-order chi connectivity index (χ1) is 8.38. The summed E-state index contributed by atoms with van der Waals surface area (Å²) in [6.07, 6.45) is -3.75. The molecular weight excluding hydrogens is 281 g/mol. The second-order valence-corrected chi connectivity index (χ2v) is 4.38. The molecule has 1 fully saturated rings. The van der Waals surface area contributed by atoms with E-state index in [0.717, 1.165) is 12.1 Å². The van der Waals surface area contributed by atoms with E-state index >= 15 is 0 Å². The van der Waals surface area contributed by atoms with E-state index in [0.29, 0.717) is 19.5 Å². The number of nitrogens with zero attached hydrogens (tertiary/aromatic N) is 1. The van der Waals surface area contributed by atoms with Gasteiger partial charge in [-0.05, 0) is 24.6 Å². The van der Waals surface area contributed by atoms with Crippen LogP contribution in [0.4, 0.5) is 13.2 Å². The number of alkyl halides is 3. The minimum atomic E-state index is -4.43. The molecule has 0 unspecified atom stereocenters. The Bertz CT molecular complexity index is 465. The molecule has 1 heterocycles. The lowest BCUT2D eigenvalue weighted by molar-refractivity contribution is -0.137. The van der Waals surface area contributed by atoms with Crippen LogP contribution in [0.2, 0.25) is 0 Å². The number of likely N-dealkylation sites (tertiary alicyclic amines) is 1. The van der Waals surface area contributed by atoms with Crippen molar-refractivity contribution in [1.29, 1.82) is 0 Å². The van der Waals surface area contributed by atoms with E-state index < -0.39 is 17.6 Å².